The molecule has 23 heavy (non-hydrogen) atoms. The molecule has 124 valence electrons. The van der Waals surface area contributed by atoms with Crippen molar-refractivity contribution in [3.63, 3.8) is 0 Å². The summed E-state index contributed by atoms with van der Waals surface area (Å²) in [4.78, 5) is 16.0. The van der Waals surface area contributed by atoms with Crippen LogP contribution in [-0.4, -0.2) is 26.4 Å². The normalized spacial score (nSPS) is 11.0. The highest BCUT2D eigenvalue weighted by molar-refractivity contribution is 7.99. The van der Waals surface area contributed by atoms with Gasteiger partial charge in [-0.3, -0.25) is 0 Å². The Morgan fingerprint density at radius 1 is 1.39 bits per heavy atom. The molecule has 1 aromatic carbocycles. The zero-order chi connectivity index (χ0) is 17.0. The fourth-order valence-corrected chi connectivity index (χ4v) is 3.72. The number of aromatic nitrogens is 2. The minimum atomic E-state index is -0.990. The summed E-state index contributed by atoms with van der Waals surface area (Å²) < 4.78 is 1.70. The fraction of sp³-hybridized carbons (Fsp3) is 0.375. The van der Waals surface area contributed by atoms with E-state index in [9.17, 15) is 9.90 Å². The van der Waals surface area contributed by atoms with E-state index in [0.717, 1.165) is 24.2 Å². The molecule has 0 saturated carbocycles. The number of hydrogen-bond acceptors (Lipinski definition) is 3. The summed E-state index contributed by atoms with van der Waals surface area (Å²) in [6, 6.07) is 5.18. The number of carbonyl (C=O) groups is 1. The molecule has 0 bridgehead atoms. The Labute approximate surface area is 149 Å². The van der Waals surface area contributed by atoms with Gasteiger partial charge in [0.25, 0.3) is 0 Å². The first-order chi connectivity index (χ1) is 10.9. The van der Waals surface area contributed by atoms with E-state index in [1.807, 2.05) is 0 Å². The molecule has 0 saturated heterocycles. The molecular formula is C16H18Cl2N2O2S. The number of rotatable bonds is 7. The van der Waals surface area contributed by atoms with Crippen LogP contribution in [0.2, 0.25) is 10.0 Å². The molecule has 0 amide bonds. The molecule has 1 aromatic heterocycles. The van der Waals surface area contributed by atoms with Crippen molar-refractivity contribution in [1.29, 1.82) is 0 Å². The Balaban J connectivity index is 2.41. The topological polar surface area (TPSA) is 55.1 Å². The van der Waals surface area contributed by atoms with Crippen LogP contribution in [0.3, 0.4) is 0 Å². The first-order valence-electron chi connectivity index (χ1n) is 7.31. The van der Waals surface area contributed by atoms with Crippen LogP contribution in [0.5, 0.6) is 0 Å². The number of aromatic carboxylic acids is 1. The molecule has 0 aliphatic rings. The van der Waals surface area contributed by atoms with Crippen molar-refractivity contribution in [2.75, 3.05) is 5.75 Å². The van der Waals surface area contributed by atoms with Gasteiger partial charge in [0.05, 0.1) is 12.2 Å². The van der Waals surface area contributed by atoms with E-state index in [2.05, 4.69) is 11.9 Å². The highest BCUT2D eigenvalue weighted by atomic mass is 35.5. The summed E-state index contributed by atoms with van der Waals surface area (Å²) in [6.07, 6.45) is 2.13. The van der Waals surface area contributed by atoms with Gasteiger partial charge < -0.3 is 9.67 Å². The number of halogens is 2. The Morgan fingerprint density at radius 3 is 2.78 bits per heavy atom. The van der Waals surface area contributed by atoms with Crippen molar-refractivity contribution in [1.82, 2.24) is 9.55 Å². The molecule has 0 spiro atoms. The summed E-state index contributed by atoms with van der Waals surface area (Å²) in [6.45, 7) is 4.16. The molecule has 2 rings (SSSR count). The van der Waals surface area contributed by atoms with E-state index >= 15 is 0 Å². The van der Waals surface area contributed by atoms with Crippen LogP contribution in [0.1, 0.15) is 41.5 Å². The van der Waals surface area contributed by atoms with Gasteiger partial charge in [0.1, 0.15) is 0 Å². The largest absolute Gasteiger partial charge is 0.477 e. The summed E-state index contributed by atoms with van der Waals surface area (Å²) in [7, 11) is 0. The van der Waals surface area contributed by atoms with E-state index in [4.69, 9.17) is 23.2 Å². The lowest BCUT2D eigenvalue weighted by molar-refractivity contribution is 0.0684. The van der Waals surface area contributed by atoms with Gasteiger partial charge in [0, 0.05) is 15.8 Å². The SMILES string of the molecule is CCCCSc1nc(C)c(C(=O)O)n1Cc1cc(Cl)ccc1Cl. The second-order valence-corrected chi connectivity index (χ2v) is 7.06. The number of carboxylic acids is 1. The van der Waals surface area contributed by atoms with Crippen molar-refractivity contribution in [3.05, 3.63) is 45.2 Å². The van der Waals surface area contributed by atoms with Gasteiger partial charge in [0.15, 0.2) is 10.9 Å². The molecule has 0 radical (unpaired) electrons. The lowest BCUT2D eigenvalue weighted by Crippen LogP contribution is -2.12. The molecule has 1 heterocycles. The van der Waals surface area contributed by atoms with Crippen LogP contribution in [0, 0.1) is 6.92 Å². The average Bonchev–Trinajstić information content (AvgIpc) is 2.79. The molecule has 4 nitrogen and oxygen atoms in total. The lowest BCUT2D eigenvalue weighted by atomic mass is 10.2. The molecule has 1 N–H and O–H groups in total. The molecule has 0 fully saturated rings. The molecule has 0 atom stereocenters. The predicted molar refractivity (Wildman–Crippen MR) is 95.1 cm³/mol. The minimum Gasteiger partial charge on any atom is -0.477 e. The molecule has 0 unspecified atom stereocenters. The fourth-order valence-electron chi connectivity index (χ4n) is 2.22. The van der Waals surface area contributed by atoms with Gasteiger partial charge in [-0.1, -0.05) is 48.3 Å². The number of unbranched alkanes of at least 4 members (excludes halogenated alkanes) is 1. The van der Waals surface area contributed by atoms with Gasteiger partial charge in [0.2, 0.25) is 0 Å². The molecule has 0 aliphatic carbocycles. The van der Waals surface area contributed by atoms with Crippen LogP contribution < -0.4 is 0 Å². The second-order valence-electron chi connectivity index (χ2n) is 5.16. The number of nitrogens with zero attached hydrogens (tertiary/aromatic N) is 2. The molecule has 0 aliphatic heterocycles. The number of benzene rings is 1. The number of imidazole rings is 1. The maximum Gasteiger partial charge on any atom is 0.354 e. The van der Waals surface area contributed by atoms with Crippen LogP contribution in [0.15, 0.2) is 23.4 Å². The van der Waals surface area contributed by atoms with Gasteiger partial charge in [-0.05, 0) is 37.1 Å². The highest BCUT2D eigenvalue weighted by Crippen LogP contribution is 2.27. The van der Waals surface area contributed by atoms with Crippen molar-refractivity contribution >= 4 is 40.9 Å². The van der Waals surface area contributed by atoms with Crippen molar-refractivity contribution < 1.29 is 9.90 Å². The van der Waals surface area contributed by atoms with E-state index in [0.29, 0.717) is 27.4 Å². The number of aryl methyl sites for hydroxylation is 1. The number of thioether (sulfide) groups is 1. The monoisotopic (exact) mass is 372 g/mol. The summed E-state index contributed by atoms with van der Waals surface area (Å²) in [5.41, 5.74) is 1.48. The maximum absolute atomic E-state index is 11.6. The van der Waals surface area contributed by atoms with Crippen LogP contribution >= 0.6 is 35.0 Å². The van der Waals surface area contributed by atoms with E-state index in [-0.39, 0.29) is 5.69 Å². The minimum absolute atomic E-state index is 0.194. The standard InChI is InChI=1S/C16H18Cl2N2O2S/c1-3-4-7-23-16-19-10(2)14(15(21)22)20(16)9-11-8-12(17)5-6-13(11)18/h5-6,8H,3-4,7,9H2,1-2H3,(H,21,22). The zero-order valence-electron chi connectivity index (χ0n) is 13.0. The summed E-state index contributed by atoms with van der Waals surface area (Å²) in [5.74, 6) is -0.0922. The second kappa shape index (κ2) is 8.08. The van der Waals surface area contributed by atoms with Gasteiger partial charge in [-0.2, -0.15) is 0 Å². The number of hydrogen-bond donors (Lipinski definition) is 1. The highest BCUT2D eigenvalue weighted by Gasteiger charge is 2.21. The summed E-state index contributed by atoms with van der Waals surface area (Å²) in [5, 5.41) is 11.3. The third-order valence-electron chi connectivity index (χ3n) is 3.37. The van der Waals surface area contributed by atoms with E-state index in [1.54, 1.807) is 41.5 Å². The van der Waals surface area contributed by atoms with Crippen molar-refractivity contribution in [2.45, 2.75) is 38.4 Å². The van der Waals surface area contributed by atoms with Gasteiger partial charge in [-0.15, -0.1) is 0 Å². The van der Waals surface area contributed by atoms with Gasteiger partial charge >= 0.3 is 5.97 Å². The predicted octanol–water partition coefficient (Wildman–Crippen LogP) is 5.14. The van der Waals surface area contributed by atoms with Gasteiger partial charge in [-0.25, -0.2) is 9.78 Å². The Hall–Kier alpha value is -1.17. The molecule has 2 aromatic rings. The quantitative estimate of drug-likeness (QED) is 0.540. The van der Waals surface area contributed by atoms with E-state index in [1.165, 1.54) is 0 Å². The first-order valence-corrected chi connectivity index (χ1v) is 9.05. The third kappa shape index (κ3) is 4.43. The Morgan fingerprint density at radius 2 is 2.13 bits per heavy atom. The van der Waals surface area contributed by atoms with E-state index < -0.39 is 5.97 Å². The zero-order valence-corrected chi connectivity index (χ0v) is 15.3. The first kappa shape index (κ1) is 18.2. The molecular weight excluding hydrogens is 355 g/mol. The maximum atomic E-state index is 11.6. The van der Waals surface area contributed by atoms with Crippen LogP contribution in [-0.2, 0) is 6.54 Å². The summed E-state index contributed by atoms with van der Waals surface area (Å²) >= 11 is 13.8. The average molecular weight is 373 g/mol. The van der Waals surface area contributed by atoms with Crippen molar-refractivity contribution in [3.8, 4) is 0 Å². The van der Waals surface area contributed by atoms with Crippen molar-refractivity contribution in [2.24, 2.45) is 0 Å². The lowest BCUT2D eigenvalue weighted by Gasteiger charge is -2.11. The smallest absolute Gasteiger partial charge is 0.354 e. The van der Waals surface area contributed by atoms with Crippen LogP contribution in [0.25, 0.3) is 0 Å². The van der Waals surface area contributed by atoms with Crippen LogP contribution in [0.4, 0.5) is 0 Å². The third-order valence-corrected chi connectivity index (χ3v) is 5.04. The molecule has 7 heteroatoms. The number of carboxylic acid groups (broad SMARTS) is 1. The Kier molecular flexibility index (Phi) is 6.39. The Bertz CT molecular complexity index is 716.